The Bertz CT molecular complexity index is 404. The molecule has 0 spiro atoms. The number of nitrogens with one attached hydrogen (secondary N) is 2. The molecule has 0 radical (unpaired) electrons. The van der Waals surface area contributed by atoms with Crippen molar-refractivity contribution < 1.29 is 19.1 Å². The summed E-state index contributed by atoms with van der Waals surface area (Å²) < 4.78 is 4.69. The van der Waals surface area contributed by atoms with Gasteiger partial charge in [0.25, 0.3) is 0 Å². The standard InChI is InChI=1S/C14H25N3O4.ClH/c1-8(2)6-10(15)13(19)17-11(14(20)21-3)7-9-4-5-16-12(9)18;/h8-11H,4-7,15H2,1-3H3,(H,16,18)(H,17,19);1H/t9-,10?,11?;/m0./s1. The van der Waals surface area contributed by atoms with Crippen LogP contribution in [0.5, 0.6) is 0 Å². The van der Waals surface area contributed by atoms with E-state index < -0.39 is 24.0 Å². The van der Waals surface area contributed by atoms with Crippen LogP contribution >= 0.6 is 12.4 Å². The second kappa shape index (κ2) is 9.63. The van der Waals surface area contributed by atoms with Crippen molar-refractivity contribution in [1.82, 2.24) is 10.6 Å². The molecule has 0 aromatic carbocycles. The topological polar surface area (TPSA) is 111 Å². The van der Waals surface area contributed by atoms with Gasteiger partial charge in [-0.15, -0.1) is 12.4 Å². The van der Waals surface area contributed by atoms with Crippen molar-refractivity contribution in [2.45, 2.75) is 45.2 Å². The highest BCUT2D eigenvalue weighted by atomic mass is 35.5. The maximum Gasteiger partial charge on any atom is 0.328 e. The first kappa shape index (κ1) is 20.7. The van der Waals surface area contributed by atoms with Crippen LogP contribution in [-0.2, 0) is 19.1 Å². The number of hydrogen-bond donors (Lipinski definition) is 3. The molecule has 1 heterocycles. The van der Waals surface area contributed by atoms with Crippen LogP contribution in [0.15, 0.2) is 0 Å². The van der Waals surface area contributed by atoms with Gasteiger partial charge in [0.15, 0.2) is 0 Å². The van der Waals surface area contributed by atoms with Crippen molar-refractivity contribution in [2.75, 3.05) is 13.7 Å². The van der Waals surface area contributed by atoms with E-state index in [1.165, 1.54) is 7.11 Å². The maximum atomic E-state index is 12.0. The van der Waals surface area contributed by atoms with E-state index in [0.29, 0.717) is 19.4 Å². The maximum absolute atomic E-state index is 12.0. The molecule has 0 aromatic heterocycles. The van der Waals surface area contributed by atoms with Gasteiger partial charge in [0.2, 0.25) is 11.8 Å². The van der Waals surface area contributed by atoms with E-state index in [9.17, 15) is 14.4 Å². The Labute approximate surface area is 137 Å². The fraction of sp³-hybridized carbons (Fsp3) is 0.786. The first-order valence-corrected chi connectivity index (χ1v) is 7.26. The van der Waals surface area contributed by atoms with E-state index in [1.807, 2.05) is 13.8 Å². The average molecular weight is 336 g/mol. The minimum absolute atomic E-state index is 0. The number of carbonyl (C=O) groups excluding carboxylic acids is 3. The SMILES string of the molecule is COC(=O)C(C[C@@H]1CCNC1=O)NC(=O)C(N)CC(C)C.Cl. The minimum Gasteiger partial charge on any atom is -0.467 e. The minimum atomic E-state index is -0.838. The lowest BCUT2D eigenvalue weighted by atomic mass is 9.97. The Hall–Kier alpha value is -1.34. The molecule has 0 aromatic rings. The number of esters is 1. The third-order valence-corrected chi connectivity index (χ3v) is 3.55. The summed E-state index contributed by atoms with van der Waals surface area (Å²) >= 11 is 0. The normalized spacial score (nSPS) is 19.9. The van der Waals surface area contributed by atoms with Gasteiger partial charge in [0.1, 0.15) is 6.04 Å². The Morgan fingerprint density at radius 1 is 1.45 bits per heavy atom. The molecule has 2 amide bonds. The van der Waals surface area contributed by atoms with Gasteiger partial charge < -0.3 is 21.1 Å². The van der Waals surface area contributed by atoms with Crippen LogP contribution in [0.3, 0.4) is 0 Å². The van der Waals surface area contributed by atoms with Crippen LogP contribution in [0.25, 0.3) is 0 Å². The fourth-order valence-electron chi connectivity index (χ4n) is 2.40. The van der Waals surface area contributed by atoms with E-state index in [-0.39, 0.29) is 36.6 Å². The predicted octanol–water partition coefficient (Wildman–Crippen LogP) is -0.0344. The van der Waals surface area contributed by atoms with Gasteiger partial charge in [-0.2, -0.15) is 0 Å². The first-order chi connectivity index (χ1) is 9.85. The van der Waals surface area contributed by atoms with Crippen LogP contribution in [0.2, 0.25) is 0 Å². The number of amides is 2. The number of ether oxygens (including phenoxy) is 1. The van der Waals surface area contributed by atoms with Crippen molar-refractivity contribution in [3.63, 3.8) is 0 Å². The lowest BCUT2D eigenvalue weighted by Gasteiger charge is -2.21. The molecule has 1 aliphatic rings. The molecule has 1 fully saturated rings. The summed E-state index contributed by atoms with van der Waals surface area (Å²) in [6.07, 6.45) is 1.42. The van der Waals surface area contributed by atoms with Crippen LogP contribution in [0.4, 0.5) is 0 Å². The molecule has 1 aliphatic heterocycles. The Balaban J connectivity index is 0.00000441. The van der Waals surface area contributed by atoms with Gasteiger partial charge in [-0.25, -0.2) is 4.79 Å². The summed E-state index contributed by atoms with van der Waals surface area (Å²) in [6.45, 7) is 4.53. The van der Waals surface area contributed by atoms with Gasteiger partial charge in [0, 0.05) is 12.5 Å². The average Bonchev–Trinajstić information content (AvgIpc) is 2.81. The first-order valence-electron chi connectivity index (χ1n) is 7.26. The highest BCUT2D eigenvalue weighted by molar-refractivity contribution is 5.88. The second-order valence-electron chi connectivity index (χ2n) is 5.83. The molecule has 1 rings (SSSR count). The van der Waals surface area contributed by atoms with E-state index >= 15 is 0 Å². The van der Waals surface area contributed by atoms with Gasteiger partial charge in [0.05, 0.1) is 13.2 Å². The number of nitrogens with two attached hydrogens (primary N) is 1. The number of methoxy groups -OCH3 is 1. The molecular weight excluding hydrogens is 310 g/mol. The summed E-state index contributed by atoms with van der Waals surface area (Å²) in [5.41, 5.74) is 5.80. The van der Waals surface area contributed by atoms with Gasteiger partial charge in [-0.1, -0.05) is 13.8 Å². The third-order valence-electron chi connectivity index (χ3n) is 3.55. The molecule has 0 aliphatic carbocycles. The molecule has 128 valence electrons. The van der Waals surface area contributed by atoms with Crippen molar-refractivity contribution in [3.8, 4) is 0 Å². The number of carbonyl (C=O) groups is 3. The zero-order valence-electron chi connectivity index (χ0n) is 13.3. The van der Waals surface area contributed by atoms with E-state index in [2.05, 4.69) is 10.6 Å². The molecule has 22 heavy (non-hydrogen) atoms. The summed E-state index contributed by atoms with van der Waals surface area (Å²) in [7, 11) is 1.25. The van der Waals surface area contributed by atoms with E-state index in [1.54, 1.807) is 0 Å². The monoisotopic (exact) mass is 335 g/mol. The molecule has 0 saturated carbocycles. The fourth-order valence-corrected chi connectivity index (χ4v) is 2.40. The van der Waals surface area contributed by atoms with E-state index in [4.69, 9.17) is 10.5 Å². The Morgan fingerprint density at radius 3 is 2.55 bits per heavy atom. The molecule has 1 saturated heterocycles. The summed E-state index contributed by atoms with van der Waals surface area (Å²) in [4.78, 5) is 35.4. The second-order valence-corrected chi connectivity index (χ2v) is 5.83. The van der Waals surface area contributed by atoms with Crippen molar-refractivity contribution in [2.24, 2.45) is 17.6 Å². The molecule has 8 heteroatoms. The van der Waals surface area contributed by atoms with Gasteiger partial charge in [-0.3, -0.25) is 9.59 Å². The Kier molecular flexibility index (Phi) is 9.04. The number of halogens is 1. The lowest BCUT2D eigenvalue weighted by Crippen LogP contribution is -2.50. The van der Waals surface area contributed by atoms with Crippen LogP contribution in [0, 0.1) is 11.8 Å². The summed E-state index contributed by atoms with van der Waals surface area (Å²) in [6, 6.07) is -1.51. The molecular formula is C14H26ClN3O4. The lowest BCUT2D eigenvalue weighted by molar-refractivity contribution is -0.146. The van der Waals surface area contributed by atoms with Crippen molar-refractivity contribution >= 4 is 30.2 Å². The molecule has 4 N–H and O–H groups in total. The van der Waals surface area contributed by atoms with Crippen LogP contribution in [0.1, 0.15) is 33.1 Å². The molecule has 3 atom stereocenters. The predicted molar refractivity (Wildman–Crippen MR) is 84.4 cm³/mol. The highest BCUT2D eigenvalue weighted by Crippen LogP contribution is 2.17. The Morgan fingerprint density at radius 2 is 2.09 bits per heavy atom. The van der Waals surface area contributed by atoms with Crippen LogP contribution < -0.4 is 16.4 Å². The van der Waals surface area contributed by atoms with Crippen LogP contribution in [-0.4, -0.2) is 43.5 Å². The zero-order chi connectivity index (χ0) is 16.0. The van der Waals surface area contributed by atoms with Crippen molar-refractivity contribution in [3.05, 3.63) is 0 Å². The highest BCUT2D eigenvalue weighted by Gasteiger charge is 2.32. The number of hydrogen-bond acceptors (Lipinski definition) is 5. The summed E-state index contributed by atoms with van der Waals surface area (Å²) in [5.74, 6) is -1.04. The van der Waals surface area contributed by atoms with E-state index in [0.717, 1.165) is 0 Å². The number of rotatable bonds is 7. The third kappa shape index (κ3) is 6.19. The van der Waals surface area contributed by atoms with Crippen molar-refractivity contribution in [1.29, 1.82) is 0 Å². The molecule has 0 bridgehead atoms. The largest absolute Gasteiger partial charge is 0.467 e. The quantitative estimate of drug-likeness (QED) is 0.566. The zero-order valence-corrected chi connectivity index (χ0v) is 14.1. The molecule has 7 nitrogen and oxygen atoms in total. The molecule has 2 unspecified atom stereocenters. The van der Waals surface area contributed by atoms with Gasteiger partial charge in [-0.05, 0) is 25.2 Å². The smallest absolute Gasteiger partial charge is 0.328 e. The van der Waals surface area contributed by atoms with Gasteiger partial charge >= 0.3 is 5.97 Å². The summed E-state index contributed by atoms with van der Waals surface area (Å²) in [5, 5.41) is 5.31.